The summed E-state index contributed by atoms with van der Waals surface area (Å²) in [6, 6.07) is 17.4. The van der Waals surface area contributed by atoms with E-state index in [2.05, 4.69) is 10.1 Å². The van der Waals surface area contributed by atoms with Crippen molar-refractivity contribution >= 4 is 6.09 Å². The van der Waals surface area contributed by atoms with Crippen LogP contribution in [0.15, 0.2) is 54.6 Å². The molecule has 104 valence electrons. The van der Waals surface area contributed by atoms with Crippen LogP contribution in [-0.2, 0) is 11.2 Å². The molecule has 1 N–H and O–H groups in total. The van der Waals surface area contributed by atoms with E-state index in [9.17, 15) is 4.79 Å². The molecule has 0 spiro atoms. The molecule has 0 atom stereocenters. The summed E-state index contributed by atoms with van der Waals surface area (Å²) in [5.41, 5.74) is 1.13. The molecule has 0 aliphatic heterocycles. The Morgan fingerprint density at radius 1 is 1.00 bits per heavy atom. The van der Waals surface area contributed by atoms with Crippen LogP contribution < -0.4 is 10.1 Å². The third-order valence-corrected chi connectivity index (χ3v) is 2.77. The van der Waals surface area contributed by atoms with Gasteiger partial charge in [-0.05, 0) is 36.2 Å². The first-order chi connectivity index (χ1) is 9.78. The molecule has 2 aromatic carbocycles. The van der Waals surface area contributed by atoms with Gasteiger partial charge in [0, 0.05) is 6.54 Å². The molecule has 0 radical (unpaired) electrons. The summed E-state index contributed by atoms with van der Waals surface area (Å²) < 4.78 is 10.2. The Morgan fingerprint density at radius 3 is 2.30 bits per heavy atom. The highest BCUT2D eigenvalue weighted by atomic mass is 16.5. The molecule has 4 heteroatoms. The summed E-state index contributed by atoms with van der Waals surface area (Å²) in [6.07, 6.45) is 0.342. The number of benzene rings is 2. The molecule has 0 saturated heterocycles. The van der Waals surface area contributed by atoms with Crippen LogP contribution in [0.1, 0.15) is 5.56 Å². The standard InChI is InChI=1S/C16H17NO3/c1-19-16(18)17-12-11-13-7-9-15(10-8-13)20-14-5-3-2-4-6-14/h2-10H,11-12H2,1H3,(H,17,18). The highest BCUT2D eigenvalue weighted by Gasteiger charge is 2.00. The fourth-order valence-corrected chi connectivity index (χ4v) is 1.73. The number of alkyl carbamates (subject to hydrolysis) is 1. The molecule has 2 aromatic rings. The lowest BCUT2D eigenvalue weighted by Gasteiger charge is -2.07. The molecule has 1 amide bonds. The van der Waals surface area contributed by atoms with Gasteiger partial charge in [-0.1, -0.05) is 30.3 Å². The van der Waals surface area contributed by atoms with Crippen molar-refractivity contribution in [1.82, 2.24) is 5.32 Å². The molecule has 2 rings (SSSR count). The third-order valence-electron chi connectivity index (χ3n) is 2.77. The summed E-state index contributed by atoms with van der Waals surface area (Å²) in [5.74, 6) is 1.61. The quantitative estimate of drug-likeness (QED) is 0.907. The predicted octanol–water partition coefficient (Wildman–Crippen LogP) is 3.38. The minimum Gasteiger partial charge on any atom is -0.457 e. The number of ether oxygens (including phenoxy) is 2. The van der Waals surface area contributed by atoms with Gasteiger partial charge in [-0.15, -0.1) is 0 Å². The number of hydrogen-bond acceptors (Lipinski definition) is 3. The highest BCUT2D eigenvalue weighted by molar-refractivity contribution is 5.66. The van der Waals surface area contributed by atoms with Crippen molar-refractivity contribution in [2.75, 3.05) is 13.7 Å². The van der Waals surface area contributed by atoms with Crippen molar-refractivity contribution < 1.29 is 14.3 Å². The maximum Gasteiger partial charge on any atom is 0.406 e. The smallest absolute Gasteiger partial charge is 0.406 e. The topological polar surface area (TPSA) is 47.6 Å². The molecule has 0 aliphatic rings. The van der Waals surface area contributed by atoms with Gasteiger partial charge < -0.3 is 14.8 Å². The minimum atomic E-state index is -0.408. The van der Waals surface area contributed by atoms with Gasteiger partial charge in [-0.2, -0.15) is 0 Å². The summed E-state index contributed by atoms with van der Waals surface area (Å²) in [5, 5.41) is 2.64. The van der Waals surface area contributed by atoms with Crippen LogP contribution in [0.4, 0.5) is 4.79 Å². The first-order valence-electron chi connectivity index (χ1n) is 6.41. The lowest BCUT2D eigenvalue weighted by Crippen LogP contribution is -2.25. The zero-order chi connectivity index (χ0) is 14.2. The molecular formula is C16H17NO3. The van der Waals surface area contributed by atoms with Gasteiger partial charge in [0.25, 0.3) is 0 Å². The second kappa shape index (κ2) is 7.19. The van der Waals surface area contributed by atoms with Gasteiger partial charge in [0.2, 0.25) is 0 Å². The maximum atomic E-state index is 10.9. The second-order valence-corrected chi connectivity index (χ2v) is 4.23. The van der Waals surface area contributed by atoms with Gasteiger partial charge in [0.15, 0.2) is 0 Å². The van der Waals surface area contributed by atoms with Crippen LogP contribution in [-0.4, -0.2) is 19.7 Å². The zero-order valence-electron chi connectivity index (χ0n) is 11.3. The number of carbonyl (C=O) groups excluding carboxylic acids is 1. The van der Waals surface area contributed by atoms with Crippen LogP contribution in [0.2, 0.25) is 0 Å². The van der Waals surface area contributed by atoms with E-state index in [0.717, 1.165) is 23.5 Å². The van der Waals surface area contributed by atoms with Crippen molar-refractivity contribution in [3.63, 3.8) is 0 Å². The van der Waals surface area contributed by atoms with E-state index in [-0.39, 0.29) is 0 Å². The van der Waals surface area contributed by atoms with Crippen molar-refractivity contribution in [2.45, 2.75) is 6.42 Å². The van der Waals surface area contributed by atoms with Crippen LogP contribution in [0.25, 0.3) is 0 Å². The Bertz CT molecular complexity index is 537. The van der Waals surface area contributed by atoms with E-state index in [1.54, 1.807) is 0 Å². The molecule has 0 aliphatic carbocycles. The Hall–Kier alpha value is -2.49. The summed E-state index contributed by atoms with van der Waals surface area (Å²) in [7, 11) is 1.35. The van der Waals surface area contributed by atoms with Crippen molar-refractivity contribution in [2.24, 2.45) is 0 Å². The normalized spacial score (nSPS) is 9.85. The Kier molecular flexibility index (Phi) is 5.00. The van der Waals surface area contributed by atoms with Crippen molar-refractivity contribution in [1.29, 1.82) is 0 Å². The Balaban J connectivity index is 1.85. The van der Waals surface area contributed by atoms with Crippen LogP contribution >= 0.6 is 0 Å². The molecule has 0 heterocycles. The number of nitrogens with one attached hydrogen (secondary N) is 1. The fraction of sp³-hybridized carbons (Fsp3) is 0.188. The van der Waals surface area contributed by atoms with E-state index in [1.165, 1.54) is 7.11 Å². The van der Waals surface area contributed by atoms with E-state index < -0.39 is 6.09 Å². The first-order valence-corrected chi connectivity index (χ1v) is 6.41. The predicted molar refractivity (Wildman–Crippen MR) is 77.1 cm³/mol. The molecule has 4 nitrogen and oxygen atoms in total. The summed E-state index contributed by atoms with van der Waals surface area (Å²) in [6.45, 7) is 0.547. The largest absolute Gasteiger partial charge is 0.457 e. The number of carbonyl (C=O) groups is 1. The number of rotatable bonds is 5. The van der Waals surface area contributed by atoms with Crippen molar-refractivity contribution in [3.8, 4) is 11.5 Å². The van der Waals surface area contributed by atoms with E-state index in [0.29, 0.717) is 6.54 Å². The number of para-hydroxylation sites is 1. The summed E-state index contributed by atoms with van der Waals surface area (Å²) in [4.78, 5) is 10.9. The van der Waals surface area contributed by atoms with Gasteiger partial charge in [-0.25, -0.2) is 4.79 Å². The summed E-state index contributed by atoms with van der Waals surface area (Å²) >= 11 is 0. The first kappa shape index (κ1) is 13.9. The lowest BCUT2D eigenvalue weighted by atomic mass is 10.1. The molecule has 0 aromatic heterocycles. The van der Waals surface area contributed by atoms with Crippen LogP contribution in [0, 0.1) is 0 Å². The van der Waals surface area contributed by atoms with Crippen molar-refractivity contribution in [3.05, 3.63) is 60.2 Å². The molecular weight excluding hydrogens is 254 g/mol. The molecule has 0 bridgehead atoms. The fourth-order valence-electron chi connectivity index (χ4n) is 1.73. The second-order valence-electron chi connectivity index (χ2n) is 4.23. The maximum absolute atomic E-state index is 10.9. The van der Waals surface area contributed by atoms with E-state index in [4.69, 9.17) is 4.74 Å². The number of amides is 1. The highest BCUT2D eigenvalue weighted by Crippen LogP contribution is 2.21. The van der Waals surface area contributed by atoms with Gasteiger partial charge >= 0.3 is 6.09 Å². The SMILES string of the molecule is COC(=O)NCCc1ccc(Oc2ccccc2)cc1. The average Bonchev–Trinajstić information content (AvgIpc) is 2.50. The lowest BCUT2D eigenvalue weighted by molar-refractivity contribution is 0.171. The molecule has 0 saturated carbocycles. The number of methoxy groups -OCH3 is 1. The molecule has 0 fully saturated rings. The molecule has 0 unspecified atom stereocenters. The van der Waals surface area contributed by atoms with Gasteiger partial charge in [0.05, 0.1) is 7.11 Å². The van der Waals surface area contributed by atoms with E-state index >= 15 is 0 Å². The van der Waals surface area contributed by atoms with Crippen LogP contribution in [0.5, 0.6) is 11.5 Å². The zero-order valence-corrected chi connectivity index (χ0v) is 11.3. The number of hydrogen-bond donors (Lipinski definition) is 1. The molecule has 20 heavy (non-hydrogen) atoms. The van der Waals surface area contributed by atoms with E-state index in [1.807, 2.05) is 54.6 Å². The Labute approximate surface area is 118 Å². The monoisotopic (exact) mass is 271 g/mol. The van der Waals surface area contributed by atoms with Crippen LogP contribution in [0.3, 0.4) is 0 Å². The van der Waals surface area contributed by atoms with Gasteiger partial charge in [-0.3, -0.25) is 0 Å². The average molecular weight is 271 g/mol. The third kappa shape index (κ3) is 4.31. The Morgan fingerprint density at radius 2 is 1.65 bits per heavy atom. The minimum absolute atomic E-state index is 0.408. The van der Waals surface area contributed by atoms with Gasteiger partial charge in [0.1, 0.15) is 11.5 Å².